The summed E-state index contributed by atoms with van der Waals surface area (Å²) in [4.78, 5) is 18.2. The highest BCUT2D eigenvalue weighted by atomic mass is 32.2. The van der Waals surface area contributed by atoms with E-state index in [2.05, 4.69) is 15.2 Å². The van der Waals surface area contributed by atoms with Crippen LogP contribution >= 0.6 is 23.1 Å². The monoisotopic (exact) mass is 324 g/mol. The number of likely N-dealkylation sites (tertiary alicyclic amines) is 1. The van der Waals surface area contributed by atoms with Crippen LogP contribution in [0.4, 0.5) is 0 Å². The maximum Gasteiger partial charge on any atom is 0.277 e. The van der Waals surface area contributed by atoms with Gasteiger partial charge in [0.1, 0.15) is 0 Å². The first-order valence-corrected chi connectivity index (χ1v) is 8.71. The molecule has 0 spiro atoms. The molecule has 3 heterocycles. The van der Waals surface area contributed by atoms with Crippen molar-refractivity contribution in [2.45, 2.75) is 31.4 Å². The SMILES string of the molecule is Cc1nc(Cc2nnc(SCC(=O)N3CCCC3)o2)cs1. The average molecular weight is 324 g/mol. The van der Waals surface area contributed by atoms with Gasteiger partial charge in [-0.2, -0.15) is 0 Å². The van der Waals surface area contributed by atoms with Crippen molar-refractivity contribution in [3.63, 3.8) is 0 Å². The molecule has 1 amide bonds. The Morgan fingerprint density at radius 1 is 1.43 bits per heavy atom. The van der Waals surface area contributed by atoms with Gasteiger partial charge in [-0.15, -0.1) is 21.5 Å². The van der Waals surface area contributed by atoms with Crippen molar-refractivity contribution in [2.75, 3.05) is 18.8 Å². The van der Waals surface area contributed by atoms with Crippen LogP contribution in [-0.4, -0.2) is 44.8 Å². The number of carbonyl (C=O) groups is 1. The molecule has 0 bridgehead atoms. The molecule has 1 saturated heterocycles. The molecule has 6 nitrogen and oxygen atoms in total. The van der Waals surface area contributed by atoms with Gasteiger partial charge in [0, 0.05) is 18.5 Å². The Morgan fingerprint density at radius 2 is 2.24 bits per heavy atom. The molecule has 0 saturated carbocycles. The second kappa shape index (κ2) is 6.57. The third-order valence-electron chi connectivity index (χ3n) is 3.23. The lowest BCUT2D eigenvalue weighted by Crippen LogP contribution is -2.29. The molecule has 1 aliphatic heterocycles. The van der Waals surface area contributed by atoms with E-state index in [0.29, 0.717) is 23.3 Å². The van der Waals surface area contributed by atoms with Gasteiger partial charge >= 0.3 is 0 Å². The highest BCUT2D eigenvalue weighted by Crippen LogP contribution is 2.20. The van der Waals surface area contributed by atoms with E-state index < -0.39 is 0 Å². The number of rotatable bonds is 5. The van der Waals surface area contributed by atoms with E-state index in [1.54, 1.807) is 11.3 Å². The summed E-state index contributed by atoms with van der Waals surface area (Å²) in [7, 11) is 0. The number of aryl methyl sites for hydroxylation is 1. The number of hydrogen-bond donors (Lipinski definition) is 0. The topological polar surface area (TPSA) is 72.1 Å². The third kappa shape index (κ3) is 3.82. The fourth-order valence-electron chi connectivity index (χ4n) is 2.19. The van der Waals surface area contributed by atoms with Crippen molar-refractivity contribution >= 4 is 29.0 Å². The standard InChI is InChI=1S/C13H16N4O2S2/c1-9-14-10(7-20-9)6-11-15-16-13(19-11)21-8-12(18)17-4-2-3-5-17/h7H,2-6,8H2,1H3. The number of aromatic nitrogens is 3. The van der Waals surface area contributed by atoms with Gasteiger partial charge in [0.25, 0.3) is 5.22 Å². The fraction of sp³-hybridized carbons (Fsp3) is 0.538. The van der Waals surface area contributed by atoms with Crippen molar-refractivity contribution in [3.05, 3.63) is 22.0 Å². The highest BCUT2D eigenvalue weighted by molar-refractivity contribution is 7.99. The van der Waals surface area contributed by atoms with Gasteiger partial charge in [-0.25, -0.2) is 4.98 Å². The largest absolute Gasteiger partial charge is 0.416 e. The van der Waals surface area contributed by atoms with Crippen molar-refractivity contribution in [2.24, 2.45) is 0 Å². The Hall–Kier alpha value is -1.41. The Morgan fingerprint density at radius 3 is 2.95 bits per heavy atom. The van der Waals surface area contributed by atoms with E-state index in [1.165, 1.54) is 11.8 Å². The summed E-state index contributed by atoms with van der Waals surface area (Å²) in [5.74, 6) is 1.04. The Bertz CT molecular complexity index is 619. The molecule has 0 radical (unpaired) electrons. The van der Waals surface area contributed by atoms with E-state index in [0.717, 1.165) is 36.6 Å². The van der Waals surface area contributed by atoms with Crippen LogP contribution in [0.15, 0.2) is 15.0 Å². The molecule has 0 atom stereocenters. The van der Waals surface area contributed by atoms with Crippen molar-refractivity contribution in [1.29, 1.82) is 0 Å². The number of hydrogen-bond acceptors (Lipinski definition) is 7. The summed E-state index contributed by atoms with van der Waals surface area (Å²) in [6, 6.07) is 0. The molecule has 0 N–H and O–H groups in total. The summed E-state index contributed by atoms with van der Waals surface area (Å²) in [5, 5.41) is 11.4. The molecule has 3 rings (SSSR count). The first-order chi connectivity index (χ1) is 10.2. The summed E-state index contributed by atoms with van der Waals surface area (Å²) >= 11 is 2.91. The minimum atomic E-state index is 0.146. The van der Waals surface area contributed by atoms with Gasteiger partial charge < -0.3 is 9.32 Å². The zero-order valence-electron chi connectivity index (χ0n) is 11.7. The molecule has 21 heavy (non-hydrogen) atoms. The molecule has 2 aromatic heterocycles. The fourth-order valence-corrected chi connectivity index (χ4v) is 3.49. The predicted molar refractivity (Wildman–Crippen MR) is 80.5 cm³/mol. The molecule has 112 valence electrons. The Kier molecular flexibility index (Phi) is 4.54. The number of amides is 1. The Labute approximate surface area is 131 Å². The summed E-state index contributed by atoms with van der Waals surface area (Å²) in [6.07, 6.45) is 2.75. The van der Waals surface area contributed by atoms with Gasteiger partial charge in [-0.05, 0) is 19.8 Å². The van der Waals surface area contributed by atoms with Crippen LogP contribution in [0.5, 0.6) is 0 Å². The number of nitrogens with zero attached hydrogens (tertiary/aromatic N) is 4. The van der Waals surface area contributed by atoms with Crippen LogP contribution in [0.1, 0.15) is 29.4 Å². The highest BCUT2D eigenvalue weighted by Gasteiger charge is 2.19. The number of carbonyl (C=O) groups excluding carboxylic acids is 1. The molecule has 2 aromatic rings. The van der Waals surface area contributed by atoms with E-state index in [-0.39, 0.29) is 5.91 Å². The van der Waals surface area contributed by atoms with Gasteiger partial charge in [-0.1, -0.05) is 11.8 Å². The minimum Gasteiger partial charge on any atom is -0.416 e. The lowest BCUT2D eigenvalue weighted by molar-refractivity contribution is -0.127. The van der Waals surface area contributed by atoms with Gasteiger partial charge in [-0.3, -0.25) is 4.79 Å². The smallest absolute Gasteiger partial charge is 0.277 e. The minimum absolute atomic E-state index is 0.146. The zero-order chi connectivity index (χ0) is 14.7. The summed E-state index contributed by atoms with van der Waals surface area (Å²) in [6.45, 7) is 3.71. The lowest BCUT2D eigenvalue weighted by Gasteiger charge is -2.13. The van der Waals surface area contributed by atoms with Gasteiger partial charge in [0.05, 0.1) is 22.9 Å². The second-order valence-corrected chi connectivity index (χ2v) is 6.86. The van der Waals surface area contributed by atoms with E-state index in [4.69, 9.17) is 4.42 Å². The van der Waals surface area contributed by atoms with Crippen LogP contribution in [0, 0.1) is 6.92 Å². The van der Waals surface area contributed by atoms with E-state index in [9.17, 15) is 4.79 Å². The molecule has 0 aliphatic carbocycles. The van der Waals surface area contributed by atoms with Crippen LogP contribution in [0.3, 0.4) is 0 Å². The molecular formula is C13H16N4O2S2. The van der Waals surface area contributed by atoms with Crippen molar-refractivity contribution < 1.29 is 9.21 Å². The van der Waals surface area contributed by atoms with Gasteiger partial charge in [0.2, 0.25) is 11.8 Å². The maximum atomic E-state index is 11.9. The zero-order valence-corrected chi connectivity index (χ0v) is 13.4. The lowest BCUT2D eigenvalue weighted by atomic mass is 10.3. The van der Waals surface area contributed by atoms with Gasteiger partial charge in [0.15, 0.2) is 0 Å². The molecule has 8 heteroatoms. The number of thiazole rings is 1. The first-order valence-electron chi connectivity index (χ1n) is 6.84. The average Bonchev–Trinajstić information content (AvgIpc) is 3.19. The summed E-state index contributed by atoms with van der Waals surface area (Å²) in [5.41, 5.74) is 0.936. The molecule has 1 fully saturated rings. The quantitative estimate of drug-likeness (QED) is 0.785. The molecule has 1 aliphatic rings. The third-order valence-corrected chi connectivity index (χ3v) is 4.85. The van der Waals surface area contributed by atoms with E-state index in [1.807, 2.05) is 17.2 Å². The molecule has 0 unspecified atom stereocenters. The summed E-state index contributed by atoms with van der Waals surface area (Å²) < 4.78 is 5.54. The van der Waals surface area contributed by atoms with Crippen molar-refractivity contribution in [1.82, 2.24) is 20.1 Å². The normalized spacial score (nSPS) is 14.8. The molecular weight excluding hydrogens is 308 g/mol. The van der Waals surface area contributed by atoms with Crippen molar-refractivity contribution in [3.8, 4) is 0 Å². The maximum absolute atomic E-state index is 11.9. The van der Waals surface area contributed by atoms with Crippen LogP contribution < -0.4 is 0 Å². The first kappa shape index (κ1) is 14.5. The van der Waals surface area contributed by atoms with Crippen LogP contribution in [-0.2, 0) is 11.2 Å². The van der Waals surface area contributed by atoms with Crippen LogP contribution in [0.25, 0.3) is 0 Å². The second-order valence-electron chi connectivity index (χ2n) is 4.87. The number of thioether (sulfide) groups is 1. The Balaban J connectivity index is 1.51. The van der Waals surface area contributed by atoms with E-state index >= 15 is 0 Å². The molecule has 0 aromatic carbocycles. The predicted octanol–water partition coefficient (Wildman–Crippen LogP) is 2.14. The van der Waals surface area contributed by atoms with Crippen LogP contribution in [0.2, 0.25) is 0 Å².